The number of anilines is 1. The highest BCUT2D eigenvalue weighted by atomic mass is 16.5. The lowest BCUT2D eigenvalue weighted by Crippen LogP contribution is -2.49. The second-order valence-corrected chi connectivity index (χ2v) is 7.22. The summed E-state index contributed by atoms with van der Waals surface area (Å²) in [5.41, 5.74) is 3.32. The van der Waals surface area contributed by atoms with Crippen molar-refractivity contribution in [1.29, 1.82) is 0 Å². The molecule has 0 saturated carbocycles. The summed E-state index contributed by atoms with van der Waals surface area (Å²) in [6.45, 7) is 2.81. The molecule has 1 aliphatic heterocycles. The number of nitrogens with zero attached hydrogens (tertiary/aromatic N) is 4. The van der Waals surface area contributed by atoms with Crippen LogP contribution in [0.4, 0.5) is 5.69 Å². The molecule has 0 atom stereocenters. The smallest absolute Gasteiger partial charge is 0.272 e. The number of para-hydroxylation sites is 2. The standard InChI is InChI=1S/C23H26N4O3/c1-25-21(16-19(24-25)17-7-6-8-18(15-17)29-2)23(28)27-13-11-26(12-14-27)20-9-4-5-10-22(20)30-3/h4-10,15-16H,11-14H2,1-3H3. The number of aryl methyl sites for hydroxylation is 1. The van der Waals surface area contributed by atoms with E-state index in [9.17, 15) is 4.79 Å². The number of benzene rings is 2. The van der Waals surface area contributed by atoms with Crippen LogP contribution in [0.3, 0.4) is 0 Å². The van der Waals surface area contributed by atoms with Crippen LogP contribution in [-0.4, -0.2) is 61.0 Å². The van der Waals surface area contributed by atoms with E-state index in [2.05, 4.69) is 16.1 Å². The minimum Gasteiger partial charge on any atom is -0.497 e. The Hall–Kier alpha value is -3.48. The van der Waals surface area contributed by atoms with E-state index < -0.39 is 0 Å². The molecule has 7 heteroatoms. The van der Waals surface area contributed by atoms with Crippen molar-refractivity contribution in [2.75, 3.05) is 45.3 Å². The van der Waals surface area contributed by atoms with Gasteiger partial charge in [0.25, 0.3) is 5.91 Å². The van der Waals surface area contributed by atoms with Crippen molar-refractivity contribution in [2.24, 2.45) is 7.05 Å². The van der Waals surface area contributed by atoms with Gasteiger partial charge in [-0.2, -0.15) is 5.10 Å². The van der Waals surface area contributed by atoms with E-state index in [4.69, 9.17) is 9.47 Å². The first-order valence-corrected chi connectivity index (χ1v) is 9.96. The monoisotopic (exact) mass is 406 g/mol. The predicted octanol–water partition coefficient (Wildman–Crippen LogP) is 3.07. The van der Waals surface area contributed by atoms with Gasteiger partial charge in [0, 0.05) is 38.8 Å². The highest BCUT2D eigenvalue weighted by molar-refractivity contribution is 5.94. The van der Waals surface area contributed by atoms with Gasteiger partial charge in [0.2, 0.25) is 0 Å². The molecule has 0 radical (unpaired) electrons. The van der Waals surface area contributed by atoms with E-state index in [0.717, 1.165) is 41.5 Å². The lowest BCUT2D eigenvalue weighted by atomic mass is 10.1. The number of piperazine rings is 1. The summed E-state index contributed by atoms with van der Waals surface area (Å²) in [5.74, 6) is 1.61. The Balaban J connectivity index is 1.47. The molecule has 156 valence electrons. The minimum absolute atomic E-state index is 0.00109. The van der Waals surface area contributed by atoms with Crippen LogP contribution in [0.25, 0.3) is 11.3 Å². The molecular formula is C23H26N4O3. The third kappa shape index (κ3) is 3.83. The Morgan fingerprint density at radius 1 is 0.933 bits per heavy atom. The van der Waals surface area contributed by atoms with Gasteiger partial charge in [-0.3, -0.25) is 9.48 Å². The molecule has 0 N–H and O–H groups in total. The summed E-state index contributed by atoms with van der Waals surface area (Å²) in [6.07, 6.45) is 0. The Bertz CT molecular complexity index is 1040. The molecular weight excluding hydrogens is 380 g/mol. The molecule has 0 spiro atoms. The zero-order valence-corrected chi connectivity index (χ0v) is 17.5. The van der Waals surface area contributed by atoms with Gasteiger partial charge < -0.3 is 19.3 Å². The van der Waals surface area contributed by atoms with Crippen molar-refractivity contribution >= 4 is 11.6 Å². The van der Waals surface area contributed by atoms with Crippen LogP contribution < -0.4 is 14.4 Å². The fourth-order valence-corrected chi connectivity index (χ4v) is 3.79. The van der Waals surface area contributed by atoms with Gasteiger partial charge in [-0.05, 0) is 30.3 Å². The first-order valence-electron chi connectivity index (χ1n) is 9.96. The molecule has 4 rings (SSSR count). The van der Waals surface area contributed by atoms with Gasteiger partial charge in [0.05, 0.1) is 25.6 Å². The van der Waals surface area contributed by atoms with Crippen molar-refractivity contribution in [1.82, 2.24) is 14.7 Å². The molecule has 1 aliphatic rings. The lowest BCUT2D eigenvalue weighted by Gasteiger charge is -2.36. The fourth-order valence-electron chi connectivity index (χ4n) is 3.79. The number of ether oxygens (including phenoxy) is 2. The highest BCUT2D eigenvalue weighted by Crippen LogP contribution is 2.29. The lowest BCUT2D eigenvalue weighted by molar-refractivity contribution is 0.0735. The van der Waals surface area contributed by atoms with Crippen molar-refractivity contribution in [3.05, 3.63) is 60.3 Å². The number of aromatic nitrogens is 2. The summed E-state index contributed by atoms with van der Waals surface area (Å²) in [5, 5.41) is 4.54. The molecule has 0 unspecified atom stereocenters. The third-order valence-electron chi connectivity index (χ3n) is 5.46. The first kappa shape index (κ1) is 19.8. The van der Waals surface area contributed by atoms with Crippen LogP contribution in [0.2, 0.25) is 0 Å². The van der Waals surface area contributed by atoms with Crippen LogP contribution in [0.15, 0.2) is 54.6 Å². The number of carbonyl (C=O) groups excluding carboxylic acids is 1. The SMILES string of the molecule is COc1cccc(-c2cc(C(=O)N3CCN(c4ccccc4OC)CC3)n(C)n2)c1. The number of rotatable bonds is 5. The van der Waals surface area contributed by atoms with Crippen LogP contribution in [0.5, 0.6) is 11.5 Å². The van der Waals surface area contributed by atoms with Crippen molar-refractivity contribution < 1.29 is 14.3 Å². The normalized spacial score (nSPS) is 14.0. The van der Waals surface area contributed by atoms with Crippen molar-refractivity contribution in [2.45, 2.75) is 0 Å². The van der Waals surface area contributed by atoms with Crippen LogP contribution in [0.1, 0.15) is 10.5 Å². The summed E-state index contributed by atoms with van der Waals surface area (Å²) in [4.78, 5) is 17.3. The maximum atomic E-state index is 13.2. The fraction of sp³-hybridized carbons (Fsp3) is 0.304. The van der Waals surface area contributed by atoms with Crippen molar-refractivity contribution in [3.8, 4) is 22.8 Å². The Kier molecular flexibility index (Phi) is 5.61. The molecule has 2 heterocycles. The summed E-state index contributed by atoms with van der Waals surface area (Å²) < 4.78 is 12.4. The minimum atomic E-state index is -0.00109. The Morgan fingerprint density at radius 3 is 2.43 bits per heavy atom. The predicted molar refractivity (Wildman–Crippen MR) is 116 cm³/mol. The van der Waals surface area contributed by atoms with E-state index in [-0.39, 0.29) is 5.91 Å². The number of hydrogen-bond donors (Lipinski definition) is 0. The number of carbonyl (C=O) groups is 1. The highest BCUT2D eigenvalue weighted by Gasteiger charge is 2.26. The molecule has 0 aliphatic carbocycles. The van der Waals surface area contributed by atoms with Gasteiger partial charge in [-0.15, -0.1) is 0 Å². The zero-order valence-electron chi connectivity index (χ0n) is 17.5. The number of methoxy groups -OCH3 is 2. The molecule has 3 aromatic rings. The summed E-state index contributed by atoms with van der Waals surface area (Å²) in [6, 6.07) is 17.5. The quantitative estimate of drug-likeness (QED) is 0.652. The van der Waals surface area contributed by atoms with E-state index in [1.54, 1.807) is 18.9 Å². The maximum Gasteiger partial charge on any atom is 0.272 e. The molecule has 1 fully saturated rings. The Labute approximate surface area is 176 Å². The largest absolute Gasteiger partial charge is 0.497 e. The topological polar surface area (TPSA) is 59.8 Å². The molecule has 7 nitrogen and oxygen atoms in total. The molecule has 2 aromatic carbocycles. The molecule has 1 aromatic heterocycles. The molecule has 1 saturated heterocycles. The number of hydrogen-bond acceptors (Lipinski definition) is 5. The van der Waals surface area contributed by atoms with Gasteiger partial charge in [-0.1, -0.05) is 24.3 Å². The van der Waals surface area contributed by atoms with Crippen LogP contribution in [0, 0.1) is 0 Å². The average Bonchev–Trinajstić information content (AvgIpc) is 3.20. The van der Waals surface area contributed by atoms with E-state index >= 15 is 0 Å². The van der Waals surface area contributed by atoms with Gasteiger partial charge in [0.15, 0.2) is 0 Å². The van der Waals surface area contributed by atoms with Crippen LogP contribution in [-0.2, 0) is 7.05 Å². The van der Waals surface area contributed by atoms with E-state index in [0.29, 0.717) is 18.8 Å². The number of amides is 1. The second kappa shape index (κ2) is 8.49. The zero-order chi connectivity index (χ0) is 21.1. The van der Waals surface area contributed by atoms with Crippen molar-refractivity contribution in [3.63, 3.8) is 0 Å². The second-order valence-electron chi connectivity index (χ2n) is 7.22. The first-order chi connectivity index (χ1) is 14.6. The maximum absolute atomic E-state index is 13.2. The Morgan fingerprint density at radius 2 is 1.70 bits per heavy atom. The van der Waals surface area contributed by atoms with E-state index in [1.807, 2.05) is 60.5 Å². The molecule has 1 amide bonds. The summed E-state index contributed by atoms with van der Waals surface area (Å²) in [7, 11) is 5.13. The van der Waals surface area contributed by atoms with Gasteiger partial charge >= 0.3 is 0 Å². The van der Waals surface area contributed by atoms with E-state index in [1.165, 1.54) is 0 Å². The van der Waals surface area contributed by atoms with Gasteiger partial charge in [-0.25, -0.2) is 0 Å². The average molecular weight is 406 g/mol. The van der Waals surface area contributed by atoms with Gasteiger partial charge in [0.1, 0.15) is 17.2 Å². The third-order valence-corrected chi connectivity index (χ3v) is 5.46. The summed E-state index contributed by atoms with van der Waals surface area (Å²) >= 11 is 0. The molecule has 0 bridgehead atoms. The van der Waals surface area contributed by atoms with Crippen LogP contribution >= 0.6 is 0 Å². The molecule has 30 heavy (non-hydrogen) atoms.